The van der Waals surface area contributed by atoms with Crippen LogP contribution in [-0.4, -0.2) is 29.0 Å². The average Bonchev–Trinajstić information content (AvgIpc) is 3.48. The molecule has 4 rings (SSSR count). The molecule has 0 radical (unpaired) electrons. The Morgan fingerprint density at radius 2 is 1.82 bits per heavy atom. The van der Waals surface area contributed by atoms with E-state index in [-0.39, 0.29) is 5.91 Å². The minimum Gasteiger partial charge on any atom is -0.372 e. The smallest absolute Gasteiger partial charge is 0.266 e. The number of aryl methyl sites for hydroxylation is 2. The molecule has 0 aliphatic heterocycles. The van der Waals surface area contributed by atoms with E-state index in [0.29, 0.717) is 10.8 Å². The van der Waals surface area contributed by atoms with Crippen molar-refractivity contribution in [3.8, 4) is 0 Å². The zero-order valence-corrected chi connectivity index (χ0v) is 17.7. The maximum absolute atomic E-state index is 12.9. The van der Waals surface area contributed by atoms with Crippen LogP contribution in [0.4, 0.5) is 11.4 Å². The van der Waals surface area contributed by atoms with Gasteiger partial charge in [0, 0.05) is 35.8 Å². The average molecular weight is 395 g/mol. The Hall–Kier alpha value is -2.47. The molecule has 0 bridgehead atoms. The lowest BCUT2D eigenvalue weighted by Crippen LogP contribution is -2.21. The number of amides is 1. The molecular formula is C22H26N4OS. The lowest BCUT2D eigenvalue weighted by atomic mass is 10.1. The second-order valence-corrected chi connectivity index (χ2v) is 8.35. The van der Waals surface area contributed by atoms with Crippen molar-refractivity contribution in [3.63, 3.8) is 0 Å². The van der Waals surface area contributed by atoms with Crippen molar-refractivity contribution in [1.29, 1.82) is 0 Å². The van der Waals surface area contributed by atoms with Crippen molar-refractivity contribution in [2.75, 3.05) is 23.3 Å². The predicted molar refractivity (Wildman–Crippen MR) is 117 cm³/mol. The van der Waals surface area contributed by atoms with E-state index in [0.717, 1.165) is 46.1 Å². The Morgan fingerprint density at radius 1 is 1.14 bits per heavy atom. The Balaban J connectivity index is 1.58. The zero-order valence-electron chi connectivity index (χ0n) is 16.9. The molecule has 6 heteroatoms. The van der Waals surface area contributed by atoms with Gasteiger partial charge in [-0.25, -0.2) is 9.97 Å². The first-order valence-electron chi connectivity index (χ1n) is 9.95. The van der Waals surface area contributed by atoms with Gasteiger partial charge in [-0.1, -0.05) is 0 Å². The molecule has 3 aromatic rings. The summed E-state index contributed by atoms with van der Waals surface area (Å²) in [4.78, 5) is 26.3. The van der Waals surface area contributed by atoms with Crippen molar-refractivity contribution < 1.29 is 4.79 Å². The highest BCUT2D eigenvalue weighted by Crippen LogP contribution is 2.40. The minimum atomic E-state index is -0.0801. The maximum Gasteiger partial charge on any atom is 0.266 e. The standard InChI is InChI=1S/C22H26N4OS/c1-5-26(6-2)17-11-9-16(10-12-17)24-21(27)19-13(3)18-14(4)23-20(15-7-8-15)25-22(18)28-19/h9-12,15H,5-8H2,1-4H3,(H,24,27). The van der Waals surface area contributed by atoms with Crippen molar-refractivity contribution in [1.82, 2.24) is 9.97 Å². The van der Waals surface area contributed by atoms with Gasteiger partial charge in [0.15, 0.2) is 0 Å². The molecule has 1 aromatic carbocycles. The molecule has 1 fully saturated rings. The van der Waals surface area contributed by atoms with Gasteiger partial charge in [0.05, 0.1) is 10.6 Å². The first kappa shape index (κ1) is 18.9. The van der Waals surface area contributed by atoms with Gasteiger partial charge in [0.2, 0.25) is 0 Å². The Morgan fingerprint density at radius 3 is 2.43 bits per heavy atom. The van der Waals surface area contributed by atoms with Crippen LogP contribution in [0.3, 0.4) is 0 Å². The number of benzene rings is 1. The topological polar surface area (TPSA) is 58.1 Å². The summed E-state index contributed by atoms with van der Waals surface area (Å²) in [5.74, 6) is 1.36. The molecular weight excluding hydrogens is 368 g/mol. The molecule has 146 valence electrons. The summed E-state index contributed by atoms with van der Waals surface area (Å²) in [6.07, 6.45) is 2.35. The molecule has 0 spiro atoms. The summed E-state index contributed by atoms with van der Waals surface area (Å²) in [5.41, 5.74) is 3.92. The van der Waals surface area contributed by atoms with E-state index in [2.05, 4.69) is 41.2 Å². The normalized spacial score (nSPS) is 13.7. The fraction of sp³-hybridized carbons (Fsp3) is 0.409. The van der Waals surface area contributed by atoms with Crippen molar-refractivity contribution in [2.45, 2.75) is 46.5 Å². The number of carbonyl (C=O) groups is 1. The van der Waals surface area contributed by atoms with Crippen molar-refractivity contribution in [2.24, 2.45) is 0 Å². The van der Waals surface area contributed by atoms with Gasteiger partial charge in [-0.3, -0.25) is 4.79 Å². The van der Waals surface area contributed by atoms with E-state index in [1.165, 1.54) is 29.9 Å². The highest BCUT2D eigenvalue weighted by atomic mass is 32.1. The Kier molecular flexibility index (Phi) is 5.06. The van der Waals surface area contributed by atoms with Crippen LogP contribution in [0.2, 0.25) is 0 Å². The van der Waals surface area contributed by atoms with Gasteiger partial charge < -0.3 is 10.2 Å². The lowest BCUT2D eigenvalue weighted by molar-refractivity contribution is 0.103. The Labute approximate surface area is 169 Å². The molecule has 1 saturated carbocycles. The summed E-state index contributed by atoms with van der Waals surface area (Å²) < 4.78 is 0. The third kappa shape index (κ3) is 3.49. The van der Waals surface area contributed by atoms with Gasteiger partial charge in [0.1, 0.15) is 10.7 Å². The number of hydrogen-bond donors (Lipinski definition) is 1. The van der Waals surface area contributed by atoms with Gasteiger partial charge in [-0.2, -0.15) is 0 Å². The highest BCUT2D eigenvalue weighted by Gasteiger charge is 2.28. The molecule has 1 amide bonds. The molecule has 0 unspecified atom stereocenters. The summed E-state index contributed by atoms with van der Waals surface area (Å²) in [6.45, 7) is 10.2. The second kappa shape index (κ2) is 7.51. The molecule has 1 N–H and O–H groups in total. The van der Waals surface area contributed by atoms with Crippen LogP contribution in [0.1, 0.15) is 59.4 Å². The summed E-state index contributed by atoms with van der Waals surface area (Å²) in [5, 5.41) is 4.06. The predicted octanol–water partition coefficient (Wildman–Crippen LogP) is 5.28. The van der Waals surface area contributed by atoms with E-state index in [4.69, 9.17) is 4.98 Å². The number of anilines is 2. The molecule has 5 nitrogen and oxygen atoms in total. The third-order valence-electron chi connectivity index (χ3n) is 5.39. The summed E-state index contributed by atoms with van der Waals surface area (Å²) in [7, 11) is 0. The molecule has 0 atom stereocenters. The minimum absolute atomic E-state index is 0.0801. The number of nitrogens with one attached hydrogen (secondary N) is 1. The van der Waals surface area contributed by atoms with Crippen molar-refractivity contribution in [3.05, 3.63) is 46.2 Å². The van der Waals surface area contributed by atoms with Crippen LogP contribution in [0.25, 0.3) is 10.2 Å². The number of hydrogen-bond acceptors (Lipinski definition) is 5. The fourth-order valence-electron chi connectivity index (χ4n) is 3.63. The second-order valence-electron chi connectivity index (χ2n) is 7.35. The number of fused-ring (bicyclic) bond motifs is 1. The van der Waals surface area contributed by atoms with Crippen LogP contribution < -0.4 is 10.2 Å². The van der Waals surface area contributed by atoms with Crippen LogP contribution >= 0.6 is 11.3 Å². The zero-order chi connectivity index (χ0) is 19.8. The van der Waals surface area contributed by atoms with Crippen LogP contribution in [0.15, 0.2) is 24.3 Å². The van der Waals surface area contributed by atoms with E-state index < -0.39 is 0 Å². The van der Waals surface area contributed by atoms with Crippen LogP contribution in [0, 0.1) is 13.8 Å². The van der Waals surface area contributed by atoms with E-state index in [9.17, 15) is 4.79 Å². The van der Waals surface area contributed by atoms with E-state index in [1.54, 1.807) is 0 Å². The van der Waals surface area contributed by atoms with Gasteiger partial charge >= 0.3 is 0 Å². The number of rotatable bonds is 6. The molecule has 1 aliphatic carbocycles. The number of thiophene rings is 1. The molecule has 28 heavy (non-hydrogen) atoms. The molecule has 2 aromatic heterocycles. The third-order valence-corrected chi connectivity index (χ3v) is 6.58. The first-order valence-corrected chi connectivity index (χ1v) is 10.8. The first-order chi connectivity index (χ1) is 13.5. The van der Waals surface area contributed by atoms with Gasteiger partial charge in [-0.05, 0) is 70.4 Å². The van der Waals surface area contributed by atoms with Crippen molar-refractivity contribution >= 4 is 38.8 Å². The number of carbonyl (C=O) groups excluding carboxylic acids is 1. The SMILES string of the molecule is CCN(CC)c1ccc(NC(=O)c2sc3nc(C4CC4)nc(C)c3c2C)cc1. The number of aromatic nitrogens is 2. The highest BCUT2D eigenvalue weighted by molar-refractivity contribution is 7.20. The molecule has 2 heterocycles. The maximum atomic E-state index is 12.9. The van der Waals surface area contributed by atoms with Crippen LogP contribution in [-0.2, 0) is 0 Å². The number of nitrogens with zero attached hydrogens (tertiary/aromatic N) is 3. The molecule has 0 saturated heterocycles. The summed E-state index contributed by atoms with van der Waals surface area (Å²) in [6, 6.07) is 8.03. The van der Waals surface area contributed by atoms with Gasteiger partial charge in [-0.15, -0.1) is 11.3 Å². The van der Waals surface area contributed by atoms with E-state index >= 15 is 0 Å². The quantitative estimate of drug-likeness (QED) is 0.618. The largest absolute Gasteiger partial charge is 0.372 e. The monoisotopic (exact) mass is 394 g/mol. The fourth-order valence-corrected chi connectivity index (χ4v) is 4.77. The van der Waals surface area contributed by atoms with Gasteiger partial charge in [0.25, 0.3) is 5.91 Å². The van der Waals surface area contributed by atoms with E-state index in [1.807, 2.05) is 26.0 Å². The lowest BCUT2D eigenvalue weighted by Gasteiger charge is -2.21. The van der Waals surface area contributed by atoms with Crippen LogP contribution in [0.5, 0.6) is 0 Å². The summed E-state index contributed by atoms with van der Waals surface area (Å²) >= 11 is 1.47. The Bertz CT molecular complexity index is 1020. The molecule has 1 aliphatic rings.